The lowest BCUT2D eigenvalue weighted by Gasteiger charge is -2.40. The van der Waals surface area contributed by atoms with Crippen molar-refractivity contribution in [3.05, 3.63) is 53.6 Å². The Kier molecular flexibility index (Phi) is 4.76. The fourth-order valence-electron chi connectivity index (χ4n) is 4.11. The van der Waals surface area contributed by atoms with Crippen LogP contribution >= 0.6 is 0 Å². The number of hydrogen-bond donors (Lipinski definition) is 0. The van der Waals surface area contributed by atoms with Crippen LogP contribution in [0.2, 0.25) is 0 Å². The molecule has 2 saturated heterocycles. The van der Waals surface area contributed by atoms with Crippen LogP contribution in [-0.4, -0.2) is 66.3 Å². The second-order valence-electron chi connectivity index (χ2n) is 8.32. The molecule has 160 valence electrons. The molecule has 1 unspecified atom stereocenters. The number of benzene rings is 1. The van der Waals surface area contributed by atoms with Crippen molar-refractivity contribution in [2.24, 2.45) is 5.92 Å². The van der Waals surface area contributed by atoms with Crippen LogP contribution in [0.4, 0.5) is 5.69 Å². The van der Waals surface area contributed by atoms with Gasteiger partial charge in [-0.25, -0.2) is 4.68 Å². The van der Waals surface area contributed by atoms with Gasteiger partial charge in [-0.1, -0.05) is 11.3 Å². The lowest BCUT2D eigenvalue weighted by molar-refractivity contribution is -0.141. The first-order valence-corrected chi connectivity index (χ1v) is 10.4. The number of nitrogens with zero attached hydrogens (tertiary/aromatic N) is 8. The van der Waals surface area contributed by atoms with Crippen LogP contribution in [-0.2, 0) is 16.1 Å². The fourth-order valence-corrected chi connectivity index (χ4v) is 4.11. The number of anilines is 1. The molecule has 2 amide bonds. The molecule has 31 heavy (non-hydrogen) atoms. The smallest absolute Gasteiger partial charge is 0.228 e. The molecular weight excluding hydrogens is 396 g/mol. The third-order valence-electron chi connectivity index (χ3n) is 6.15. The summed E-state index contributed by atoms with van der Waals surface area (Å²) >= 11 is 0. The number of likely N-dealkylation sites (tertiary alicyclic amines) is 1. The molecule has 1 atom stereocenters. The van der Waals surface area contributed by atoms with Crippen molar-refractivity contribution < 1.29 is 9.59 Å². The van der Waals surface area contributed by atoms with Crippen LogP contribution in [0.1, 0.15) is 29.3 Å². The average molecular weight is 420 g/mol. The van der Waals surface area contributed by atoms with Gasteiger partial charge in [0.1, 0.15) is 12.2 Å². The Morgan fingerprint density at radius 2 is 1.87 bits per heavy atom. The van der Waals surface area contributed by atoms with E-state index in [1.54, 1.807) is 26.8 Å². The molecule has 0 radical (unpaired) electrons. The highest BCUT2D eigenvalue weighted by atomic mass is 16.2. The number of rotatable bonds is 5. The maximum atomic E-state index is 12.9. The standard InChI is InChI=1S/C21H24N8O2/c1-14-3-4-18(7-15(14)2)27-9-16(8-20(27)30)21(31)26-12-19(13-26)28-10-17(24-25-28)11-29-22-5-6-23-29/h3-7,10,16,19H,8-9,11-13H2,1-2H3. The lowest BCUT2D eigenvalue weighted by atomic mass is 10.0. The Morgan fingerprint density at radius 3 is 2.61 bits per heavy atom. The SMILES string of the molecule is Cc1ccc(N2CC(C(=O)N3CC(n4cc(Cn5nccn5)nn4)C3)CC2=O)cc1C. The first-order valence-electron chi connectivity index (χ1n) is 10.4. The summed E-state index contributed by atoms with van der Waals surface area (Å²) in [7, 11) is 0. The zero-order chi connectivity index (χ0) is 21.5. The van der Waals surface area contributed by atoms with E-state index in [0.717, 1.165) is 16.9 Å². The van der Waals surface area contributed by atoms with Gasteiger partial charge in [0.05, 0.1) is 30.6 Å². The minimum Gasteiger partial charge on any atom is -0.338 e. The minimum atomic E-state index is -0.299. The molecule has 0 bridgehead atoms. The summed E-state index contributed by atoms with van der Waals surface area (Å²) in [4.78, 5) is 30.6. The number of amides is 2. The molecule has 0 N–H and O–H groups in total. The molecule has 0 spiro atoms. The largest absolute Gasteiger partial charge is 0.338 e. The molecule has 0 saturated carbocycles. The van der Waals surface area contributed by atoms with Gasteiger partial charge in [0.25, 0.3) is 0 Å². The Labute approximate surface area is 179 Å². The molecule has 10 heteroatoms. The van der Waals surface area contributed by atoms with Crippen molar-refractivity contribution in [2.75, 3.05) is 24.5 Å². The van der Waals surface area contributed by atoms with Crippen molar-refractivity contribution in [2.45, 2.75) is 32.9 Å². The highest BCUT2D eigenvalue weighted by molar-refractivity contribution is 6.00. The number of carbonyl (C=O) groups excluding carboxylic acids is 2. The zero-order valence-corrected chi connectivity index (χ0v) is 17.5. The predicted octanol–water partition coefficient (Wildman–Crippen LogP) is 0.971. The maximum Gasteiger partial charge on any atom is 0.228 e. The van der Waals surface area contributed by atoms with Crippen molar-refractivity contribution in [1.82, 2.24) is 34.9 Å². The molecule has 0 aliphatic carbocycles. The van der Waals surface area contributed by atoms with Gasteiger partial charge in [-0.3, -0.25) is 9.59 Å². The fraction of sp³-hybridized carbons (Fsp3) is 0.429. The lowest BCUT2D eigenvalue weighted by Crippen LogP contribution is -2.53. The van der Waals surface area contributed by atoms with Gasteiger partial charge in [-0.2, -0.15) is 15.0 Å². The summed E-state index contributed by atoms with van der Waals surface area (Å²) in [6, 6.07) is 6.08. The molecule has 4 heterocycles. The Bertz CT molecular complexity index is 1120. The summed E-state index contributed by atoms with van der Waals surface area (Å²) in [5.41, 5.74) is 3.96. The third kappa shape index (κ3) is 3.69. The quantitative estimate of drug-likeness (QED) is 0.610. The number of aryl methyl sites for hydroxylation is 2. The Balaban J connectivity index is 1.17. The second kappa shape index (κ2) is 7.60. The van der Waals surface area contributed by atoms with Gasteiger partial charge in [-0.05, 0) is 37.1 Å². The van der Waals surface area contributed by atoms with Crippen LogP contribution in [0.5, 0.6) is 0 Å². The molecule has 3 aromatic rings. The predicted molar refractivity (Wildman–Crippen MR) is 111 cm³/mol. The van der Waals surface area contributed by atoms with E-state index < -0.39 is 0 Å². The third-order valence-corrected chi connectivity index (χ3v) is 6.15. The Morgan fingerprint density at radius 1 is 1.10 bits per heavy atom. The molecule has 2 fully saturated rings. The molecule has 2 aromatic heterocycles. The van der Waals surface area contributed by atoms with Crippen molar-refractivity contribution in [3.8, 4) is 0 Å². The molecular formula is C21H24N8O2. The molecule has 5 rings (SSSR count). The van der Waals surface area contributed by atoms with Crippen molar-refractivity contribution in [1.29, 1.82) is 0 Å². The second-order valence-corrected chi connectivity index (χ2v) is 8.32. The number of aromatic nitrogens is 6. The molecule has 10 nitrogen and oxygen atoms in total. The normalized spacial score (nSPS) is 19.2. The number of carbonyl (C=O) groups is 2. The first kappa shape index (κ1) is 19.4. The van der Waals surface area contributed by atoms with E-state index in [-0.39, 0.29) is 30.2 Å². The van der Waals surface area contributed by atoms with Crippen LogP contribution in [0.3, 0.4) is 0 Å². The average Bonchev–Trinajstić information content (AvgIpc) is 3.45. The summed E-state index contributed by atoms with van der Waals surface area (Å²) in [5, 5.41) is 16.5. The van der Waals surface area contributed by atoms with Crippen LogP contribution in [0.25, 0.3) is 0 Å². The highest BCUT2D eigenvalue weighted by Crippen LogP contribution is 2.30. The Hall–Kier alpha value is -3.56. The minimum absolute atomic E-state index is 0.00632. The summed E-state index contributed by atoms with van der Waals surface area (Å²) < 4.78 is 1.80. The molecule has 2 aliphatic rings. The highest BCUT2D eigenvalue weighted by Gasteiger charge is 2.41. The maximum absolute atomic E-state index is 12.9. The van der Waals surface area contributed by atoms with Gasteiger partial charge < -0.3 is 9.80 Å². The van der Waals surface area contributed by atoms with E-state index in [1.165, 1.54) is 5.56 Å². The monoisotopic (exact) mass is 420 g/mol. The summed E-state index contributed by atoms with van der Waals surface area (Å²) in [5.74, 6) is -0.254. The topological polar surface area (TPSA) is 102 Å². The van der Waals surface area contributed by atoms with E-state index in [1.807, 2.05) is 43.1 Å². The van der Waals surface area contributed by atoms with Gasteiger partial charge in [0.15, 0.2) is 0 Å². The van der Waals surface area contributed by atoms with Crippen molar-refractivity contribution >= 4 is 17.5 Å². The van der Waals surface area contributed by atoms with E-state index in [9.17, 15) is 9.59 Å². The van der Waals surface area contributed by atoms with Gasteiger partial charge in [0, 0.05) is 31.7 Å². The van der Waals surface area contributed by atoms with Crippen molar-refractivity contribution in [3.63, 3.8) is 0 Å². The van der Waals surface area contributed by atoms with Gasteiger partial charge in [0.2, 0.25) is 11.8 Å². The van der Waals surface area contributed by atoms with Gasteiger partial charge >= 0.3 is 0 Å². The van der Waals surface area contributed by atoms with Gasteiger partial charge in [-0.15, -0.1) is 5.10 Å². The van der Waals surface area contributed by atoms with E-state index in [4.69, 9.17) is 0 Å². The molecule has 1 aromatic carbocycles. The summed E-state index contributed by atoms with van der Waals surface area (Å²) in [6.45, 7) is 6.13. The first-order chi connectivity index (χ1) is 15.0. The van der Waals surface area contributed by atoms with Crippen LogP contribution < -0.4 is 4.90 Å². The van der Waals surface area contributed by atoms with Crippen LogP contribution in [0, 0.1) is 19.8 Å². The van der Waals surface area contributed by atoms with E-state index >= 15 is 0 Å². The zero-order valence-electron chi connectivity index (χ0n) is 17.5. The summed E-state index contributed by atoms with van der Waals surface area (Å²) in [6.07, 6.45) is 5.37. The van der Waals surface area contributed by atoms with Crippen LogP contribution in [0.15, 0.2) is 36.8 Å². The number of hydrogen-bond acceptors (Lipinski definition) is 6. The molecule has 2 aliphatic heterocycles. The van der Waals surface area contributed by atoms with E-state index in [0.29, 0.717) is 26.2 Å². The van der Waals surface area contributed by atoms with E-state index in [2.05, 4.69) is 20.5 Å².